The van der Waals surface area contributed by atoms with Gasteiger partial charge in [0, 0.05) is 23.2 Å². The lowest BCUT2D eigenvalue weighted by Crippen LogP contribution is -2.16. The van der Waals surface area contributed by atoms with Gasteiger partial charge in [0.2, 0.25) is 0 Å². The number of hydrogen-bond acceptors (Lipinski definition) is 5. The van der Waals surface area contributed by atoms with Crippen molar-refractivity contribution in [1.29, 1.82) is 0 Å². The monoisotopic (exact) mass is 514 g/mol. The molecule has 0 spiro atoms. The van der Waals surface area contributed by atoms with E-state index in [2.05, 4.69) is 20.5 Å². The normalized spacial score (nSPS) is 11.8. The Bertz CT molecular complexity index is 1570. The summed E-state index contributed by atoms with van der Waals surface area (Å²) in [6.45, 7) is 2.23. The van der Waals surface area contributed by atoms with Crippen LogP contribution in [0.25, 0.3) is 16.2 Å². The van der Waals surface area contributed by atoms with Crippen molar-refractivity contribution in [3.05, 3.63) is 88.4 Å². The smallest absolute Gasteiger partial charge is 0.304 e. The van der Waals surface area contributed by atoms with Gasteiger partial charge in [-0.15, -0.1) is 11.3 Å². The molecule has 0 radical (unpaired) electrons. The summed E-state index contributed by atoms with van der Waals surface area (Å²) in [6.07, 6.45) is -2.37. The fourth-order valence-electron chi connectivity index (χ4n) is 3.64. The van der Waals surface area contributed by atoms with Crippen LogP contribution in [0.15, 0.2) is 60.8 Å². The predicted octanol–water partition coefficient (Wildman–Crippen LogP) is 5.68. The zero-order valence-electron chi connectivity index (χ0n) is 18.8. The van der Waals surface area contributed by atoms with Crippen molar-refractivity contribution in [3.63, 3.8) is 0 Å². The van der Waals surface area contributed by atoms with E-state index in [4.69, 9.17) is 0 Å². The van der Waals surface area contributed by atoms with Gasteiger partial charge < -0.3 is 5.32 Å². The first-order valence-electron chi connectivity index (χ1n) is 10.9. The van der Waals surface area contributed by atoms with E-state index in [9.17, 15) is 22.4 Å². The lowest BCUT2D eigenvalue weighted by molar-refractivity contribution is -0.142. The summed E-state index contributed by atoms with van der Waals surface area (Å²) in [5, 5.41) is 10.6. The number of hydrogen-bond donors (Lipinski definition) is 1. The highest BCUT2D eigenvalue weighted by atomic mass is 32.1. The van der Waals surface area contributed by atoms with E-state index in [1.807, 2.05) is 13.0 Å². The minimum atomic E-state index is -4.71. The van der Waals surface area contributed by atoms with Crippen LogP contribution in [-0.4, -0.2) is 30.3 Å². The van der Waals surface area contributed by atoms with Crippen molar-refractivity contribution in [3.8, 4) is 10.6 Å². The summed E-state index contributed by atoms with van der Waals surface area (Å²) in [4.78, 5) is 18.7. The van der Waals surface area contributed by atoms with Crippen molar-refractivity contribution < 1.29 is 22.4 Å². The van der Waals surface area contributed by atoms with Crippen molar-refractivity contribution in [1.82, 2.24) is 24.4 Å². The van der Waals surface area contributed by atoms with Crippen molar-refractivity contribution >= 4 is 28.7 Å². The second-order valence-electron chi connectivity index (χ2n) is 7.93. The molecule has 1 amide bonds. The molecule has 0 aliphatic rings. The number of rotatable bonds is 6. The second-order valence-corrected chi connectivity index (χ2v) is 9.09. The Hall–Kier alpha value is -4.06. The first-order chi connectivity index (χ1) is 17.2. The van der Waals surface area contributed by atoms with Crippen LogP contribution < -0.4 is 5.32 Å². The van der Waals surface area contributed by atoms with Crippen LogP contribution in [0, 0.1) is 5.82 Å². The van der Waals surface area contributed by atoms with E-state index in [1.54, 1.807) is 24.4 Å². The molecule has 0 atom stereocenters. The number of aryl methyl sites for hydroxylation is 1. The van der Waals surface area contributed by atoms with E-state index in [0.29, 0.717) is 15.0 Å². The van der Waals surface area contributed by atoms with E-state index >= 15 is 0 Å². The summed E-state index contributed by atoms with van der Waals surface area (Å²) in [6, 6.07) is 13.2. The fourth-order valence-corrected chi connectivity index (χ4v) is 4.55. The molecular weight excluding hydrogens is 496 g/mol. The highest BCUT2D eigenvalue weighted by molar-refractivity contribution is 7.15. The molecule has 12 heteroatoms. The molecular formula is C24H18F4N6OS. The zero-order valence-corrected chi connectivity index (χ0v) is 19.6. The number of amides is 1. The third-order valence-electron chi connectivity index (χ3n) is 5.33. The predicted molar refractivity (Wildman–Crippen MR) is 126 cm³/mol. The molecule has 0 bridgehead atoms. The molecule has 0 aliphatic heterocycles. The summed E-state index contributed by atoms with van der Waals surface area (Å²) in [5.74, 6) is -0.945. The lowest BCUT2D eigenvalue weighted by atomic mass is 10.2. The van der Waals surface area contributed by atoms with Gasteiger partial charge in [0.25, 0.3) is 5.91 Å². The van der Waals surface area contributed by atoms with E-state index in [1.165, 1.54) is 40.3 Å². The van der Waals surface area contributed by atoms with Gasteiger partial charge in [-0.2, -0.15) is 23.4 Å². The minimum Gasteiger partial charge on any atom is -0.304 e. The molecule has 7 nitrogen and oxygen atoms in total. The molecule has 0 saturated heterocycles. The Kier molecular flexibility index (Phi) is 6.04. The highest BCUT2D eigenvalue weighted by Crippen LogP contribution is 2.34. The number of alkyl halides is 3. The highest BCUT2D eigenvalue weighted by Gasteiger charge is 2.36. The Balaban J connectivity index is 1.42. The number of nitrogens with one attached hydrogen (secondary N) is 1. The lowest BCUT2D eigenvalue weighted by Gasteiger charge is -2.10. The molecule has 4 aromatic heterocycles. The molecule has 0 aliphatic carbocycles. The fraction of sp³-hybridized carbons (Fsp3) is 0.167. The standard InChI is InChI=1S/C24H18F4N6OS/c1-2-16-6-7-19(36-16)17-11-20(24(26,27)28)34-22(29-17)12-18(31-34)23(35)30-21-8-9-33(32-21)13-14-4-3-5-15(25)10-14/h3-12H,2,13H2,1H3,(H,30,32,35). The first-order valence-corrected chi connectivity index (χ1v) is 11.7. The van der Waals surface area contributed by atoms with Crippen molar-refractivity contribution in [2.75, 3.05) is 5.32 Å². The van der Waals surface area contributed by atoms with Crippen LogP contribution in [0.5, 0.6) is 0 Å². The summed E-state index contributed by atoms with van der Waals surface area (Å²) in [7, 11) is 0. The van der Waals surface area contributed by atoms with Crippen molar-refractivity contribution in [2.45, 2.75) is 26.1 Å². The number of nitrogens with zero attached hydrogens (tertiary/aromatic N) is 5. The summed E-state index contributed by atoms with van der Waals surface area (Å²) >= 11 is 1.36. The number of thiophene rings is 1. The number of carbonyl (C=O) groups is 1. The Morgan fingerprint density at radius 1 is 1.08 bits per heavy atom. The van der Waals surface area contributed by atoms with Crippen LogP contribution in [-0.2, 0) is 19.1 Å². The Labute approximate surface area is 206 Å². The average molecular weight is 515 g/mol. The number of aromatic nitrogens is 5. The van der Waals surface area contributed by atoms with Crippen LogP contribution in [0.4, 0.5) is 23.4 Å². The maximum Gasteiger partial charge on any atom is 0.433 e. The quantitative estimate of drug-likeness (QED) is 0.296. The third-order valence-corrected chi connectivity index (χ3v) is 6.58. The number of benzene rings is 1. The third kappa shape index (κ3) is 4.85. The van der Waals surface area contributed by atoms with Gasteiger partial charge in [-0.1, -0.05) is 19.1 Å². The van der Waals surface area contributed by atoms with Crippen LogP contribution in [0.1, 0.15) is 33.5 Å². The molecule has 4 heterocycles. The Morgan fingerprint density at radius 2 is 1.92 bits per heavy atom. The number of carbonyl (C=O) groups excluding carboxylic acids is 1. The number of halogens is 4. The van der Waals surface area contributed by atoms with Gasteiger partial charge in [0.05, 0.1) is 17.1 Å². The van der Waals surface area contributed by atoms with E-state index < -0.39 is 17.8 Å². The second kappa shape index (κ2) is 9.19. The van der Waals surface area contributed by atoms with E-state index in [-0.39, 0.29) is 35.2 Å². The molecule has 5 aromatic rings. The molecule has 0 fully saturated rings. The molecule has 1 N–H and O–H groups in total. The average Bonchev–Trinajstić information content (AvgIpc) is 3.57. The topological polar surface area (TPSA) is 77.1 Å². The molecule has 0 saturated carbocycles. The van der Waals surface area contributed by atoms with Gasteiger partial charge >= 0.3 is 6.18 Å². The van der Waals surface area contributed by atoms with Gasteiger partial charge in [0.1, 0.15) is 5.82 Å². The van der Waals surface area contributed by atoms with Gasteiger partial charge in [-0.05, 0) is 42.3 Å². The Morgan fingerprint density at radius 3 is 2.64 bits per heavy atom. The number of fused-ring (bicyclic) bond motifs is 1. The van der Waals surface area contributed by atoms with E-state index in [0.717, 1.165) is 17.4 Å². The van der Waals surface area contributed by atoms with Crippen LogP contribution in [0.2, 0.25) is 0 Å². The maximum atomic E-state index is 13.8. The van der Waals surface area contributed by atoms with Gasteiger partial charge in [-0.25, -0.2) is 13.9 Å². The maximum absolute atomic E-state index is 13.8. The van der Waals surface area contributed by atoms with Gasteiger partial charge in [-0.3, -0.25) is 9.48 Å². The summed E-state index contributed by atoms with van der Waals surface area (Å²) in [5.41, 5.74) is -0.553. The molecule has 0 unspecified atom stereocenters. The van der Waals surface area contributed by atoms with Crippen LogP contribution in [0.3, 0.4) is 0 Å². The van der Waals surface area contributed by atoms with Gasteiger partial charge in [0.15, 0.2) is 22.9 Å². The molecule has 5 rings (SSSR count). The first kappa shape index (κ1) is 23.7. The number of anilines is 1. The molecule has 1 aromatic carbocycles. The molecule has 36 heavy (non-hydrogen) atoms. The molecule has 184 valence electrons. The largest absolute Gasteiger partial charge is 0.433 e. The SMILES string of the molecule is CCc1ccc(-c2cc(C(F)(F)F)n3nc(C(=O)Nc4ccn(Cc5cccc(F)c5)n4)cc3n2)s1. The minimum absolute atomic E-state index is 0.104. The van der Waals surface area contributed by atoms with Crippen LogP contribution >= 0.6 is 11.3 Å². The zero-order chi connectivity index (χ0) is 25.4. The summed E-state index contributed by atoms with van der Waals surface area (Å²) < 4.78 is 57.0. The van der Waals surface area contributed by atoms with Crippen molar-refractivity contribution in [2.24, 2.45) is 0 Å².